The van der Waals surface area contributed by atoms with Gasteiger partial charge in [-0.2, -0.15) is 0 Å². The number of sulfonamides is 1. The summed E-state index contributed by atoms with van der Waals surface area (Å²) in [6, 6.07) is 1.03. The Hall–Kier alpha value is -1.78. The number of carbonyl (C=O) groups is 1. The number of rotatable bonds is 8. The number of hydrogen-bond donors (Lipinski definition) is 2. The van der Waals surface area contributed by atoms with Gasteiger partial charge in [0.05, 0.1) is 0 Å². The van der Waals surface area contributed by atoms with Gasteiger partial charge in [-0.05, 0) is 32.8 Å². The minimum Gasteiger partial charge on any atom is -0.477 e. The molecule has 0 spiro atoms. The van der Waals surface area contributed by atoms with E-state index in [4.69, 9.17) is 11.5 Å². The van der Waals surface area contributed by atoms with Crippen molar-refractivity contribution in [3.05, 3.63) is 18.0 Å². The highest BCUT2D eigenvalue weighted by Crippen LogP contribution is 2.19. The highest BCUT2D eigenvalue weighted by atomic mass is 32.2. The van der Waals surface area contributed by atoms with Gasteiger partial charge in [0.1, 0.15) is 10.6 Å². The predicted octanol–water partition coefficient (Wildman–Crippen LogP) is 1.85. The molecule has 1 aromatic heterocycles. The molecule has 21 heavy (non-hydrogen) atoms. The van der Waals surface area contributed by atoms with Gasteiger partial charge in [-0.3, -0.25) is 0 Å². The molecular formula is C14H20N2O4S. The van der Waals surface area contributed by atoms with Crippen molar-refractivity contribution in [2.75, 3.05) is 6.54 Å². The summed E-state index contributed by atoms with van der Waals surface area (Å²) >= 11 is 0. The first-order valence-corrected chi connectivity index (χ1v) is 8.16. The Kier molecular flexibility index (Phi) is 6.00. The van der Waals surface area contributed by atoms with Crippen LogP contribution in [0.4, 0.5) is 0 Å². The van der Waals surface area contributed by atoms with E-state index in [-0.39, 0.29) is 23.2 Å². The lowest BCUT2D eigenvalue weighted by atomic mass is 10.2. The van der Waals surface area contributed by atoms with Crippen LogP contribution in [0, 0.1) is 12.3 Å². The van der Waals surface area contributed by atoms with Gasteiger partial charge in [0, 0.05) is 25.2 Å². The van der Waals surface area contributed by atoms with Crippen molar-refractivity contribution in [1.29, 1.82) is 0 Å². The van der Waals surface area contributed by atoms with Crippen LogP contribution in [0.5, 0.6) is 0 Å². The predicted molar refractivity (Wildman–Crippen MR) is 79.6 cm³/mol. The molecule has 0 saturated heterocycles. The third-order valence-corrected chi connectivity index (χ3v) is 4.38. The summed E-state index contributed by atoms with van der Waals surface area (Å²) in [6.07, 6.45) is 8.45. The van der Waals surface area contributed by atoms with Crippen LogP contribution >= 0.6 is 0 Å². The molecule has 0 unspecified atom stereocenters. The van der Waals surface area contributed by atoms with Gasteiger partial charge in [0.25, 0.3) is 0 Å². The normalized spacial score (nSPS) is 11.5. The van der Waals surface area contributed by atoms with Gasteiger partial charge in [0.2, 0.25) is 10.0 Å². The van der Waals surface area contributed by atoms with E-state index in [0.29, 0.717) is 12.8 Å². The fourth-order valence-corrected chi connectivity index (χ4v) is 2.94. The molecule has 1 rings (SSSR count). The van der Waals surface area contributed by atoms with Gasteiger partial charge >= 0.3 is 5.97 Å². The summed E-state index contributed by atoms with van der Waals surface area (Å²) in [6.45, 7) is 3.85. The molecule has 0 bridgehead atoms. The van der Waals surface area contributed by atoms with Crippen LogP contribution in [0.2, 0.25) is 0 Å². The number of nitrogens with zero attached hydrogens (tertiary/aromatic N) is 1. The molecule has 0 aliphatic heterocycles. The Labute approximate surface area is 125 Å². The first-order chi connectivity index (χ1) is 9.79. The number of hydrogen-bond acceptors (Lipinski definition) is 3. The smallest absolute Gasteiger partial charge is 0.352 e. The van der Waals surface area contributed by atoms with Gasteiger partial charge in [-0.25, -0.2) is 17.9 Å². The van der Waals surface area contributed by atoms with Crippen molar-refractivity contribution in [1.82, 2.24) is 9.29 Å². The Morgan fingerprint density at radius 3 is 2.62 bits per heavy atom. The molecule has 116 valence electrons. The third kappa shape index (κ3) is 4.62. The lowest BCUT2D eigenvalue weighted by Crippen LogP contribution is -2.24. The molecule has 0 atom stereocenters. The SMILES string of the molecule is C#CCCCCNS(=O)(=O)c1cc(C(=O)O)n(C(C)C)c1. The van der Waals surface area contributed by atoms with E-state index < -0.39 is 16.0 Å². The molecule has 0 aliphatic rings. The summed E-state index contributed by atoms with van der Waals surface area (Å²) in [5, 5.41) is 9.11. The number of terminal acetylenes is 1. The van der Waals surface area contributed by atoms with Crippen molar-refractivity contribution < 1.29 is 18.3 Å². The summed E-state index contributed by atoms with van der Waals surface area (Å²) in [7, 11) is -3.70. The van der Waals surface area contributed by atoms with Crippen LogP contribution < -0.4 is 4.72 Å². The number of nitrogens with one attached hydrogen (secondary N) is 1. The second kappa shape index (κ2) is 7.29. The average molecular weight is 312 g/mol. The molecule has 1 heterocycles. The Morgan fingerprint density at radius 1 is 1.48 bits per heavy atom. The van der Waals surface area contributed by atoms with Crippen molar-refractivity contribution >= 4 is 16.0 Å². The average Bonchev–Trinajstić information content (AvgIpc) is 2.84. The third-order valence-electron chi connectivity index (χ3n) is 2.95. The minimum atomic E-state index is -3.70. The second-order valence-electron chi connectivity index (χ2n) is 4.93. The molecule has 1 aromatic rings. The molecule has 0 amide bonds. The summed E-state index contributed by atoms with van der Waals surface area (Å²) in [5.41, 5.74) is -0.0438. The largest absolute Gasteiger partial charge is 0.477 e. The van der Waals surface area contributed by atoms with Gasteiger partial charge < -0.3 is 9.67 Å². The zero-order valence-electron chi connectivity index (χ0n) is 12.2. The van der Waals surface area contributed by atoms with E-state index in [1.54, 1.807) is 13.8 Å². The Morgan fingerprint density at radius 2 is 2.14 bits per heavy atom. The molecule has 0 aliphatic carbocycles. The molecule has 0 saturated carbocycles. The maximum Gasteiger partial charge on any atom is 0.352 e. The quantitative estimate of drug-likeness (QED) is 0.566. The molecule has 0 fully saturated rings. The number of aromatic nitrogens is 1. The highest BCUT2D eigenvalue weighted by Gasteiger charge is 2.21. The van der Waals surface area contributed by atoms with E-state index in [2.05, 4.69) is 10.6 Å². The molecular weight excluding hydrogens is 292 g/mol. The Bertz CT molecular complexity index is 638. The van der Waals surface area contributed by atoms with Crippen molar-refractivity contribution in [3.63, 3.8) is 0 Å². The molecule has 0 radical (unpaired) electrons. The van der Waals surface area contributed by atoms with Gasteiger partial charge in [-0.15, -0.1) is 12.3 Å². The van der Waals surface area contributed by atoms with Crippen molar-refractivity contribution in [3.8, 4) is 12.3 Å². The van der Waals surface area contributed by atoms with Crippen LogP contribution in [-0.2, 0) is 10.0 Å². The van der Waals surface area contributed by atoms with Gasteiger partial charge in [-0.1, -0.05) is 0 Å². The number of carboxylic acids is 1. The standard InChI is InChI=1S/C14H20N2O4S/c1-4-5-6-7-8-15-21(19,20)12-9-13(14(17)18)16(10-12)11(2)3/h1,9-11,15H,5-8H2,2-3H3,(H,17,18). The summed E-state index contributed by atoms with van der Waals surface area (Å²) < 4.78 is 28.1. The topological polar surface area (TPSA) is 88.4 Å². The monoisotopic (exact) mass is 312 g/mol. The van der Waals surface area contributed by atoms with E-state index in [0.717, 1.165) is 6.42 Å². The zero-order chi connectivity index (χ0) is 16.0. The molecule has 2 N–H and O–H groups in total. The first kappa shape index (κ1) is 17.3. The number of unbranched alkanes of at least 4 members (excludes halogenated alkanes) is 2. The summed E-state index contributed by atoms with van der Waals surface area (Å²) in [5.74, 6) is 1.33. The van der Waals surface area contributed by atoms with Crippen LogP contribution in [-0.4, -0.2) is 30.6 Å². The second-order valence-corrected chi connectivity index (χ2v) is 6.69. The molecule has 7 heteroatoms. The van der Waals surface area contributed by atoms with Gasteiger partial charge in [0.15, 0.2) is 0 Å². The van der Waals surface area contributed by atoms with E-state index >= 15 is 0 Å². The maximum absolute atomic E-state index is 12.1. The minimum absolute atomic E-state index is 0.0365. The number of carboxylic acid groups (broad SMARTS) is 1. The fraction of sp³-hybridized carbons (Fsp3) is 0.500. The first-order valence-electron chi connectivity index (χ1n) is 6.68. The maximum atomic E-state index is 12.1. The zero-order valence-corrected chi connectivity index (χ0v) is 13.0. The molecule has 0 aromatic carbocycles. The Balaban J connectivity index is 2.86. The van der Waals surface area contributed by atoms with E-state index in [9.17, 15) is 13.2 Å². The van der Waals surface area contributed by atoms with Crippen LogP contribution in [0.15, 0.2) is 17.2 Å². The fourth-order valence-electron chi connectivity index (χ4n) is 1.84. The van der Waals surface area contributed by atoms with E-state index in [1.165, 1.54) is 16.8 Å². The summed E-state index contributed by atoms with van der Waals surface area (Å²) in [4.78, 5) is 11.1. The van der Waals surface area contributed by atoms with Crippen molar-refractivity contribution in [2.24, 2.45) is 0 Å². The van der Waals surface area contributed by atoms with Crippen LogP contribution in [0.25, 0.3) is 0 Å². The lowest BCUT2D eigenvalue weighted by molar-refractivity contribution is 0.0683. The van der Waals surface area contributed by atoms with E-state index in [1.807, 2.05) is 0 Å². The molecule has 6 nitrogen and oxygen atoms in total. The highest BCUT2D eigenvalue weighted by molar-refractivity contribution is 7.89. The van der Waals surface area contributed by atoms with Crippen LogP contribution in [0.1, 0.15) is 49.6 Å². The number of aromatic carboxylic acids is 1. The van der Waals surface area contributed by atoms with Crippen LogP contribution in [0.3, 0.4) is 0 Å². The lowest BCUT2D eigenvalue weighted by Gasteiger charge is -2.09. The van der Waals surface area contributed by atoms with Crippen molar-refractivity contribution in [2.45, 2.75) is 44.0 Å².